The van der Waals surface area contributed by atoms with Crippen molar-refractivity contribution in [3.05, 3.63) is 0 Å². The van der Waals surface area contributed by atoms with Crippen molar-refractivity contribution in [2.45, 2.75) is 77.9 Å². The number of unbranched alkanes of at least 4 members (excludes halogenated alkanes) is 3. The summed E-state index contributed by atoms with van der Waals surface area (Å²) < 4.78 is 10.7. The van der Waals surface area contributed by atoms with Crippen LogP contribution in [0.2, 0.25) is 0 Å². The van der Waals surface area contributed by atoms with Crippen molar-refractivity contribution in [2.24, 2.45) is 4.99 Å². The lowest BCUT2D eigenvalue weighted by atomic mass is 10.1. The molecule has 6 heteroatoms. The van der Waals surface area contributed by atoms with Gasteiger partial charge in [0.05, 0.1) is 5.60 Å². The fourth-order valence-corrected chi connectivity index (χ4v) is 1.94. The van der Waals surface area contributed by atoms with Crippen molar-refractivity contribution < 1.29 is 14.3 Å². The van der Waals surface area contributed by atoms with E-state index in [1.165, 1.54) is 0 Å². The topological polar surface area (TPSA) is 72.0 Å². The highest BCUT2D eigenvalue weighted by atomic mass is 16.6. The fourth-order valence-electron chi connectivity index (χ4n) is 1.94. The number of carbonyl (C=O) groups excluding carboxylic acids is 1. The van der Waals surface area contributed by atoms with E-state index >= 15 is 0 Å². The Balaban J connectivity index is 3.69. The van der Waals surface area contributed by atoms with Crippen molar-refractivity contribution in [3.63, 3.8) is 0 Å². The smallest absolute Gasteiger partial charge is 0.306 e. The van der Waals surface area contributed by atoms with Crippen LogP contribution in [0.1, 0.15) is 66.7 Å². The molecule has 0 rings (SSSR count). The molecule has 0 radical (unpaired) electrons. The van der Waals surface area contributed by atoms with Gasteiger partial charge >= 0.3 is 5.97 Å². The molecule has 0 aliphatic carbocycles. The lowest BCUT2D eigenvalue weighted by molar-refractivity contribution is -0.154. The standard InChI is InChI=1S/C18H37N3O3/c1-17(2,3)24-15(22)12-10-8-9-11-13-20-16(19-6)21-14-18(4,5)23-7/h8-14H2,1-7H3,(H2,19,20,21). The molecular weight excluding hydrogens is 306 g/mol. The summed E-state index contributed by atoms with van der Waals surface area (Å²) in [7, 11) is 3.46. The number of aliphatic imine (C=N–C) groups is 1. The maximum Gasteiger partial charge on any atom is 0.306 e. The van der Waals surface area contributed by atoms with E-state index in [-0.39, 0.29) is 17.2 Å². The molecule has 24 heavy (non-hydrogen) atoms. The van der Waals surface area contributed by atoms with Crippen LogP contribution in [0.25, 0.3) is 0 Å². The number of hydrogen-bond donors (Lipinski definition) is 2. The molecule has 142 valence electrons. The zero-order valence-electron chi connectivity index (χ0n) is 16.6. The Kier molecular flexibility index (Phi) is 10.7. The second kappa shape index (κ2) is 11.3. The lowest BCUT2D eigenvalue weighted by Gasteiger charge is -2.24. The number of hydrogen-bond acceptors (Lipinski definition) is 4. The van der Waals surface area contributed by atoms with Gasteiger partial charge in [-0.25, -0.2) is 0 Å². The van der Waals surface area contributed by atoms with Crippen LogP contribution in [0.15, 0.2) is 4.99 Å². The molecule has 0 bridgehead atoms. The van der Waals surface area contributed by atoms with E-state index in [0.29, 0.717) is 13.0 Å². The lowest BCUT2D eigenvalue weighted by Crippen LogP contribution is -2.45. The van der Waals surface area contributed by atoms with Crippen molar-refractivity contribution >= 4 is 11.9 Å². The average Bonchev–Trinajstić information content (AvgIpc) is 2.47. The van der Waals surface area contributed by atoms with E-state index in [2.05, 4.69) is 15.6 Å². The van der Waals surface area contributed by atoms with E-state index in [1.54, 1.807) is 14.2 Å². The van der Waals surface area contributed by atoms with Gasteiger partial charge in [0, 0.05) is 33.7 Å². The number of nitrogens with zero attached hydrogens (tertiary/aromatic N) is 1. The Morgan fingerprint density at radius 3 is 2.17 bits per heavy atom. The largest absolute Gasteiger partial charge is 0.460 e. The van der Waals surface area contributed by atoms with Gasteiger partial charge in [-0.2, -0.15) is 0 Å². The Bertz CT molecular complexity index is 387. The molecule has 0 aromatic carbocycles. The van der Waals surface area contributed by atoms with E-state index in [0.717, 1.165) is 38.2 Å². The highest BCUT2D eigenvalue weighted by Gasteiger charge is 2.16. The second-order valence-corrected chi connectivity index (χ2v) is 7.57. The summed E-state index contributed by atoms with van der Waals surface area (Å²) in [5.41, 5.74) is -0.611. The fraction of sp³-hybridized carbons (Fsp3) is 0.889. The molecule has 0 aliphatic rings. The third-order valence-electron chi connectivity index (χ3n) is 3.48. The predicted octanol–water partition coefficient (Wildman–Crippen LogP) is 2.87. The number of rotatable bonds is 10. The van der Waals surface area contributed by atoms with E-state index in [4.69, 9.17) is 9.47 Å². The van der Waals surface area contributed by atoms with Crippen molar-refractivity contribution in [1.82, 2.24) is 10.6 Å². The average molecular weight is 344 g/mol. The Hall–Kier alpha value is -1.30. The van der Waals surface area contributed by atoms with Gasteiger partial charge in [0.25, 0.3) is 0 Å². The molecule has 0 aromatic heterocycles. The summed E-state index contributed by atoms with van der Waals surface area (Å²) in [5, 5.41) is 6.54. The molecule has 6 nitrogen and oxygen atoms in total. The molecule has 0 saturated heterocycles. The number of esters is 1. The predicted molar refractivity (Wildman–Crippen MR) is 99.4 cm³/mol. The molecule has 2 N–H and O–H groups in total. The maximum absolute atomic E-state index is 11.6. The molecule has 0 aromatic rings. The highest BCUT2D eigenvalue weighted by molar-refractivity contribution is 5.79. The van der Waals surface area contributed by atoms with Gasteiger partial charge < -0.3 is 20.1 Å². The van der Waals surface area contributed by atoms with Crippen LogP contribution in [0.4, 0.5) is 0 Å². The third kappa shape index (κ3) is 13.2. The van der Waals surface area contributed by atoms with Crippen molar-refractivity contribution in [3.8, 4) is 0 Å². The quantitative estimate of drug-likeness (QED) is 0.276. The normalized spacial score (nSPS) is 12.9. The molecule has 0 saturated carbocycles. The second-order valence-electron chi connectivity index (χ2n) is 7.57. The first-order valence-corrected chi connectivity index (χ1v) is 8.81. The maximum atomic E-state index is 11.6. The Morgan fingerprint density at radius 2 is 1.62 bits per heavy atom. The monoisotopic (exact) mass is 343 g/mol. The highest BCUT2D eigenvalue weighted by Crippen LogP contribution is 2.11. The van der Waals surface area contributed by atoms with Gasteiger partial charge in [0.1, 0.15) is 5.60 Å². The minimum Gasteiger partial charge on any atom is -0.460 e. The molecule has 0 atom stereocenters. The summed E-state index contributed by atoms with van der Waals surface area (Å²) >= 11 is 0. The minimum absolute atomic E-state index is 0.106. The molecule has 0 spiro atoms. The third-order valence-corrected chi connectivity index (χ3v) is 3.48. The molecule has 0 fully saturated rings. The first-order chi connectivity index (χ1) is 11.1. The SMILES string of the molecule is CN=C(NCCCCCCC(=O)OC(C)(C)C)NCC(C)(C)OC. The summed E-state index contributed by atoms with van der Waals surface area (Å²) in [6, 6.07) is 0. The molecule has 0 unspecified atom stereocenters. The number of ether oxygens (including phenoxy) is 2. The summed E-state index contributed by atoms with van der Waals surface area (Å²) in [6.07, 6.45) is 4.53. The van der Waals surface area contributed by atoms with Crippen LogP contribution in [0, 0.1) is 0 Å². The van der Waals surface area contributed by atoms with Gasteiger partial charge in [-0.1, -0.05) is 12.8 Å². The molecular formula is C18H37N3O3. The van der Waals surface area contributed by atoms with Crippen LogP contribution in [0.3, 0.4) is 0 Å². The van der Waals surface area contributed by atoms with E-state index in [1.807, 2.05) is 34.6 Å². The molecule has 0 aliphatic heterocycles. The first-order valence-electron chi connectivity index (χ1n) is 8.81. The van der Waals surface area contributed by atoms with Gasteiger partial charge in [-0.05, 0) is 47.5 Å². The Labute approximate surface area is 147 Å². The van der Waals surface area contributed by atoms with E-state index in [9.17, 15) is 4.79 Å². The zero-order chi connectivity index (χ0) is 18.6. The summed E-state index contributed by atoms with van der Waals surface area (Å²) in [4.78, 5) is 15.8. The van der Waals surface area contributed by atoms with Crippen LogP contribution >= 0.6 is 0 Å². The van der Waals surface area contributed by atoms with Gasteiger partial charge in [-0.3, -0.25) is 9.79 Å². The first kappa shape index (κ1) is 22.7. The number of guanidine groups is 1. The van der Waals surface area contributed by atoms with Crippen molar-refractivity contribution in [2.75, 3.05) is 27.2 Å². The van der Waals surface area contributed by atoms with Crippen LogP contribution in [-0.4, -0.2) is 50.4 Å². The van der Waals surface area contributed by atoms with Crippen LogP contribution in [-0.2, 0) is 14.3 Å². The van der Waals surface area contributed by atoms with Gasteiger partial charge in [-0.15, -0.1) is 0 Å². The minimum atomic E-state index is -0.388. The number of methoxy groups -OCH3 is 1. The number of nitrogens with one attached hydrogen (secondary N) is 2. The van der Waals surface area contributed by atoms with E-state index < -0.39 is 0 Å². The Morgan fingerprint density at radius 1 is 1.00 bits per heavy atom. The van der Waals surface area contributed by atoms with Gasteiger partial charge in [0.15, 0.2) is 5.96 Å². The summed E-state index contributed by atoms with van der Waals surface area (Å²) in [5.74, 6) is 0.680. The molecule has 0 heterocycles. The van der Waals surface area contributed by atoms with Crippen LogP contribution in [0.5, 0.6) is 0 Å². The summed E-state index contributed by atoms with van der Waals surface area (Å²) in [6.45, 7) is 11.3. The zero-order valence-corrected chi connectivity index (χ0v) is 16.6. The molecule has 0 amide bonds. The van der Waals surface area contributed by atoms with Gasteiger partial charge in [0.2, 0.25) is 0 Å². The number of carbonyl (C=O) groups is 1. The van der Waals surface area contributed by atoms with Crippen molar-refractivity contribution in [1.29, 1.82) is 0 Å². The van der Waals surface area contributed by atoms with Crippen LogP contribution < -0.4 is 10.6 Å².